The number of anilines is 1. The summed E-state index contributed by atoms with van der Waals surface area (Å²) in [6.07, 6.45) is 7.26. The van der Waals surface area contributed by atoms with Gasteiger partial charge in [-0.1, -0.05) is 6.92 Å². The number of aryl methyl sites for hydroxylation is 1. The molecular weight excluding hydrogens is 414 g/mol. The Labute approximate surface area is 182 Å². The third kappa shape index (κ3) is 2.80. The minimum atomic E-state index is 0.0749. The summed E-state index contributed by atoms with van der Waals surface area (Å²) in [5, 5.41) is 18.9. The molecule has 1 saturated heterocycles. The molecule has 6 heterocycles. The van der Waals surface area contributed by atoms with Crippen LogP contribution in [0.15, 0.2) is 24.0 Å². The average molecular weight is 436 g/mol. The molecule has 10 nitrogen and oxygen atoms in total. The van der Waals surface area contributed by atoms with Crippen LogP contribution >= 0.6 is 11.3 Å². The van der Waals surface area contributed by atoms with Crippen LogP contribution in [0.3, 0.4) is 0 Å². The zero-order valence-electron chi connectivity index (χ0n) is 17.2. The Morgan fingerprint density at radius 2 is 2.19 bits per heavy atom. The van der Waals surface area contributed by atoms with E-state index in [4.69, 9.17) is 14.7 Å². The van der Waals surface area contributed by atoms with E-state index >= 15 is 0 Å². The Balaban J connectivity index is 1.54. The quantitative estimate of drug-likeness (QED) is 0.521. The number of thiazole rings is 1. The van der Waals surface area contributed by atoms with E-state index in [2.05, 4.69) is 41.8 Å². The molecule has 0 bridgehead atoms. The predicted octanol–water partition coefficient (Wildman–Crippen LogP) is 2.94. The number of H-pyrrole nitrogens is 1. The molecule has 0 aliphatic carbocycles. The van der Waals surface area contributed by atoms with E-state index < -0.39 is 0 Å². The first-order valence-electron chi connectivity index (χ1n) is 10.3. The standard InChI is InChI=1S/C20H21N9OS/c1-3-14-19-27-25-11(2)28(19)15-9-22-17(24-18(15)29(14)12-4-6-30-10-12)13-8-23-26-16(13)20-21-5-7-31-20/h5,7-9,12,14H,3-4,6,10H2,1-2H3,(H,23,26)/t12?,14-/m1/s1. The van der Waals surface area contributed by atoms with Gasteiger partial charge in [0.15, 0.2) is 17.5 Å². The molecule has 0 spiro atoms. The summed E-state index contributed by atoms with van der Waals surface area (Å²) in [7, 11) is 0. The van der Waals surface area contributed by atoms with Gasteiger partial charge >= 0.3 is 0 Å². The van der Waals surface area contributed by atoms with E-state index in [1.54, 1.807) is 23.7 Å². The Hall–Kier alpha value is -3.18. The first-order valence-corrected chi connectivity index (χ1v) is 11.2. The van der Waals surface area contributed by atoms with Crippen molar-refractivity contribution in [2.75, 3.05) is 18.1 Å². The summed E-state index contributed by atoms with van der Waals surface area (Å²) >= 11 is 1.55. The number of aromatic amines is 1. The molecule has 0 aromatic carbocycles. The van der Waals surface area contributed by atoms with E-state index in [-0.39, 0.29) is 12.1 Å². The highest BCUT2D eigenvalue weighted by Gasteiger charge is 2.40. The minimum Gasteiger partial charge on any atom is -0.379 e. The third-order valence-electron chi connectivity index (χ3n) is 5.93. The van der Waals surface area contributed by atoms with Crippen molar-refractivity contribution in [2.24, 2.45) is 0 Å². The number of aromatic nitrogens is 8. The Morgan fingerprint density at radius 1 is 1.26 bits per heavy atom. The molecule has 1 fully saturated rings. The van der Waals surface area contributed by atoms with Crippen molar-refractivity contribution >= 4 is 17.2 Å². The van der Waals surface area contributed by atoms with E-state index in [1.807, 2.05) is 18.5 Å². The van der Waals surface area contributed by atoms with Crippen molar-refractivity contribution in [3.05, 3.63) is 35.6 Å². The van der Waals surface area contributed by atoms with Crippen LogP contribution in [0.5, 0.6) is 0 Å². The molecule has 0 saturated carbocycles. The number of hydrogen-bond acceptors (Lipinski definition) is 9. The van der Waals surface area contributed by atoms with Gasteiger partial charge < -0.3 is 9.64 Å². The second-order valence-corrected chi connectivity index (χ2v) is 8.58. The van der Waals surface area contributed by atoms with Crippen LogP contribution in [0.2, 0.25) is 0 Å². The van der Waals surface area contributed by atoms with Crippen LogP contribution in [-0.2, 0) is 4.74 Å². The molecule has 0 amide bonds. The molecule has 2 aliphatic heterocycles. The molecule has 11 heteroatoms. The summed E-state index contributed by atoms with van der Waals surface area (Å²) in [6.45, 7) is 5.57. The molecule has 1 unspecified atom stereocenters. The summed E-state index contributed by atoms with van der Waals surface area (Å²) in [4.78, 5) is 16.6. The first-order chi connectivity index (χ1) is 15.3. The van der Waals surface area contributed by atoms with Gasteiger partial charge in [-0.2, -0.15) is 5.10 Å². The SMILES string of the molecule is CC[C@@H]1c2nnc(C)n2-c2cnc(-c3cn[nH]c3-c3nccs3)nc2N1C1CCOC1. The van der Waals surface area contributed by atoms with Crippen LogP contribution in [-0.4, -0.2) is 59.2 Å². The lowest BCUT2D eigenvalue weighted by Gasteiger charge is -2.40. The largest absolute Gasteiger partial charge is 0.379 e. The van der Waals surface area contributed by atoms with Crippen molar-refractivity contribution < 1.29 is 4.74 Å². The van der Waals surface area contributed by atoms with Gasteiger partial charge in [-0.15, -0.1) is 21.5 Å². The highest BCUT2D eigenvalue weighted by molar-refractivity contribution is 7.13. The lowest BCUT2D eigenvalue weighted by Crippen LogP contribution is -2.43. The van der Waals surface area contributed by atoms with Crippen molar-refractivity contribution in [2.45, 2.75) is 38.8 Å². The fraction of sp³-hybridized carbons (Fsp3) is 0.400. The number of hydrogen-bond donors (Lipinski definition) is 1. The first kappa shape index (κ1) is 18.6. The van der Waals surface area contributed by atoms with Crippen LogP contribution < -0.4 is 4.90 Å². The molecule has 31 heavy (non-hydrogen) atoms. The van der Waals surface area contributed by atoms with E-state index in [9.17, 15) is 0 Å². The van der Waals surface area contributed by atoms with Crippen molar-refractivity contribution in [1.82, 2.24) is 39.9 Å². The minimum absolute atomic E-state index is 0.0749. The average Bonchev–Trinajstić information content (AvgIpc) is 3.59. The Morgan fingerprint density at radius 3 is 2.97 bits per heavy atom. The Kier molecular flexibility index (Phi) is 4.32. The number of ether oxygens (including phenoxy) is 1. The number of nitrogens with zero attached hydrogens (tertiary/aromatic N) is 8. The van der Waals surface area contributed by atoms with Crippen molar-refractivity contribution in [3.8, 4) is 27.8 Å². The summed E-state index contributed by atoms with van der Waals surface area (Å²) in [6, 6.07) is 0.311. The van der Waals surface area contributed by atoms with Gasteiger partial charge in [0, 0.05) is 18.2 Å². The summed E-state index contributed by atoms with van der Waals surface area (Å²) in [5.41, 5.74) is 2.56. The molecule has 0 radical (unpaired) electrons. The number of rotatable bonds is 4. The summed E-state index contributed by atoms with van der Waals surface area (Å²) in [5.74, 6) is 3.27. The molecule has 158 valence electrons. The van der Waals surface area contributed by atoms with Gasteiger partial charge in [-0.3, -0.25) is 9.67 Å². The lowest BCUT2D eigenvalue weighted by molar-refractivity contribution is 0.191. The van der Waals surface area contributed by atoms with Gasteiger partial charge in [-0.05, 0) is 19.8 Å². The monoisotopic (exact) mass is 435 g/mol. The maximum atomic E-state index is 5.73. The maximum absolute atomic E-state index is 5.73. The van der Waals surface area contributed by atoms with Crippen molar-refractivity contribution in [1.29, 1.82) is 0 Å². The van der Waals surface area contributed by atoms with Gasteiger partial charge in [0.2, 0.25) is 0 Å². The predicted molar refractivity (Wildman–Crippen MR) is 115 cm³/mol. The fourth-order valence-electron chi connectivity index (χ4n) is 4.52. The second-order valence-electron chi connectivity index (χ2n) is 7.69. The molecule has 2 aliphatic rings. The van der Waals surface area contributed by atoms with Gasteiger partial charge in [0.1, 0.15) is 22.2 Å². The van der Waals surface area contributed by atoms with Crippen LogP contribution in [0, 0.1) is 6.92 Å². The molecule has 1 N–H and O–H groups in total. The van der Waals surface area contributed by atoms with Crippen LogP contribution in [0.1, 0.15) is 37.5 Å². The molecule has 2 atom stereocenters. The van der Waals surface area contributed by atoms with Crippen LogP contribution in [0.4, 0.5) is 5.82 Å². The molecule has 6 rings (SSSR count). The number of nitrogens with one attached hydrogen (secondary N) is 1. The zero-order valence-corrected chi connectivity index (χ0v) is 18.0. The van der Waals surface area contributed by atoms with E-state index in [0.717, 1.165) is 58.9 Å². The normalized spacial score (nSPS) is 20.1. The molecular formula is C20H21N9OS. The topological polar surface area (TPSA) is 111 Å². The highest BCUT2D eigenvalue weighted by Crippen LogP contribution is 2.42. The fourth-order valence-corrected chi connectivity index (χ4v) is 5.17. The van der Waals surface area contributed by atoms with Crippen LogP contribution in [0.25, 0.3) is 27.8 Å². The third-order valence-corrected chi connectivity index (χ3v) is 6.72. The number of fused-ring (bicyclic) bond motifs is 3. The Bertz CT molecular complexity index is 1230. The van der Waals surface area contributed by atoms with Gasteiger partial charge in [0.25, 0.3) is 0 Å². The van der Waals surface area contributed by atoms with E-state index in [0.29, 0.717) is 12.4 Å². The molecule has 4 aromatic heterocycles. The van der Waals surface area contributed by atoms with E-state index in [1.165, 1.54) is 0 Å². The second kappa shape index (κ2) is 7.20. The zero-order chi connectivity index (χ0) is 20.9. The van der Waals surface area contributed by atoms with Gasteiger partial charge in [-0.25, -0.2) is 15.0 Å². The lowest BCUT2D eigenvalue weighted by atomic mass is 10.0. The smallest absolute Gasteiger partial charge is 0.165 e. The van der Waals surface area contributed by atoms with Crippen molar-refractivity contribution in [3.63, 3.8) is 0 Å². The van der Waals surface area contributed by atoms with Gasteiger partial charge in [0.05, 0.1) is 36.6 Å². The maximum Gasteiger partial charge on any atom is 0.165 e. The molecule has 4 aromatic rings. The highest BCUT2D eigenvalue weighted by atomic mass is 32.1. The summed E-state index contributed by atoms with van der Waals surface area (Å²) < 4.78 is 7.81.